The van der Waals surface area contributed by atoms with Crippen molar-refractivity contribution >= 4 is 16.7 Å². The highest BCUT2D eigenvalue weighted by molar-refractivity contribution is 5.95. The van der Waals surface area contributed by atoms with Gasteiger partial charge in [-0.3, -0.25) is 5.10 Å². The Balaban J connectivity index is 1.85. The van der Waals surface area contributed by atoms with Crippen LogP contribution in [-0.2, 0) is 5.41 Å². The van der Waals surface area contributed by atoms with Gasteiger partial charge >= 0.3 is 0 Å². The molecule has 1 heterocycles. The zero-order valence-corrected chi connectivity index (χ0v) is 13.2. The van der Waals surface area contributed by atoms with E-state index >= 15 is 0 Å². The zero-order valence-electron chi connectivity index (χ0n) is 13.2. The van der Waals surface area contributed by atoms with Crippen LogP contribution in [0, 0.1) is 0 Å². The highest BCUT2D eigenvalue weighted by Crippen LogP contribution is 2.31. The lowest BCUT2D eigenvalue weighted by atomic mass is 9.84. The molecule has 0 fully saturated rings. The van der Waals surface area contributed by atoms with Gasteiger partial charge in [-0.1, -0.05) is 50.2 Å². The van der Waals surface area contributed by atoms with Gasteiger partial charge in [0.1, 0.15) is 5.75 Å². The summed E-state index contributed by atoms with van der Waals surface area (Å²) >= 11 is 0. The van der Waals surface area contributed by atoms with Gasteiger partial charge in [0, 0.05) is 12.0 Å². The van der Waals surface area contributed by atoms with E-state index in [1.54, 1.807) is 7.11 Å². The van der Waals surface area contributed by atoms with Crippen molar-refractivity contribution in [3.63, 3.8) is 0 Å². The van der Waals surface area contributed by atoms with Gasteiger partial charge in [-0.15, -0.1) is 0 Å². The molecule has 114 valence electrons. The summed E-state index contributed by atoms with van der Waals surface area (Å²) in [7, 11) is 1.68. The summed E-state index contributed by atoms with van der Waals surface area (Å²) < 4.78 is 5.44. The van der Waals surface area contributed by atoms with E-state index < -0.39 is 0 Å². The van der Waals surface area contributed by atoms with E-state index in [0.717, 1.165) is 29.0 Å². The number of hydrogen-bond donors (Lipinski definition) is 2. The zero-order chi connectivity index (χ0) is 15.6. The van der Waals surface area contributed by atoms with Crippen molar-refractivity contribution in [1.29, 1.82) is 0 Å². The van der Waals surface area contributed by atoms with Crippen molar-refractivity contribution in [2.75, 3.05) is 19.0 Å². The van der Waals surface area contributed by atoms with Gasteiger partial charge < -0.3 is 10.1 Å². The number of nitrogens with one attached hydrogen (secondary N) is 2. The van der Waals surface area contributed by atoms with E-state index in [9.17, 15) is 0 Å². The Kier molecular flexibility index (Phi) is 3.75. The van der Waals surface area contributed by atoms with Crippen molar-refractivity contribution in [3.8, 4) is 5.75 Å². The first-order valence-electron chi connectivity index (χ1n) is 7.42. The van der Waals surface area contributed by atoms with Crippen molar-refractivity contribution in [1.82, 2.24) is 10.2 Å². The third kappa shape index (κ3) is 2.64. The molecule has 0 saturated carbocycles. The average molecular weight is 295 g/mol. The molecule has 0 aliphatic rings. The lowest BCUT2D eigenvalue weighted by Crippen LogP contribution is -2.27. The smallest absolute Gasteiger partial charge is 0.159 e. The first-order chi connectivity index (χ1) is 10.6. The Morgan fingerprint density at radius 1 is 1.09 bits per heavy atom. The quantitative estimate of drug-likeness (QED) is 0.749. The number of ether oxygens (including phenoxy) is 1. The van der Waals surface area contributed by atoms with Crippen LogP contribution in [0.4, 0.5) is 5.82 Å². The fraction of sp³-hybridized carbons (Fsp3) is 0.278. The number of methoxy groups -OCH3 is 1. The second-order valence-electron chi connectivity index (χ2n) is 6.06. The molecule has 4 nitrogen and oxygen atoms in total. The maximum absolute atomic E-state index is 5.44. The maximum atomic E-state index is 5.44. The van der Waals surface area contributed by atoms with Crippen molar-refractivity contribution in [2.45, 2.75) is 19.3 Å². The third-order valence-corrected chi connectivity index (χ3v) is 4.02. The first kappa shape index (κ1) is 14.4. The molecular weight excluding hydrogens is 274 g/mol. The van der Waals surface area contributed by atoms with Crippen LogP contribution in [0.25, 0.3) is 10.9 Å². The fourth-order valence-electron chi connectivity index (χ4n) is 2.63. The van der Waals surface area contributed by atoms with Gasteiger partial charge in [-0.2, -0.15) is 5.10 Å². The van der Waals surface area contributed by atoms with Gasteiger partial charge in [0.15, 0.2) is 5.82 Å². The van der Waals surface area contributed by atoms with E-state index in [1.165, 1.54) is 5.56 Å². The SMILES string of the molecule is COc1cccc2[nH]nc(NCC(C)(C)c3ccccc3)c12. The Morgan fingerprint density at radius 3 is 2.59 bits per heavy atom. The lowest BCUT2D eigenvalue weighted by Gasteiger charge is -2.25. The predicted octanol–water partition coefficient (Wildman–Crippen LogP) is 3.96. The maximum Gasteiger partial charge on any atom is 0.159 e. The Bertz CT molecular complexity index is 762. The number of fused-ring (bicyclic) bond motifs is 1. The monoisotopic (exact) mass is 295 g/mol. The molecule has 0 aliphatic carbocycles. The summed E-state index contributed by atoms with van der Waals surface area (Å²) in [6, 6.07) is 16.4. The van der Waals surface area contributed by atoms with E-state index in [0.29, 0.717) is 0 Å². The van der Waals surface area contributed by atoms with Gasteiger partial charge in [0.25, 0.3) is 0 Å². The second-order valence-corrected chi connectivity index (χ2v) is 6.06. The van der Waals surface area contributed by atoms with Crippen molar-refractivity contribution in [2.24, 2.45) is 0 Å². The molecule has 0 unspecified atom stereocenters. The lowest BCUT2D eigenvalue weighted by molar-refractivity contribution is 0.420. The second kappa shape index (κ2) is 5.72. The molecule has 0 spiro atoms. The van der Waals surface area contributed by atoms with Crippen LogP contribution in [0.1, 0.15) is 19.4 Å². The molecule has 3 rings (SSSR count). The first-order valence-corrected chi connectivity index (χ1v) is 7.42. The number of hydrogen-bond acceptors (Lipinski definition) is 3. The summed E-state index contributed by atoms with van der Waals surface area (Å²) in [5, 5.41) is 11.9. The number of aromatic nitrogens is 2. The molecule has 0 bridgehead atoms. The van der Waals surface area contributed by atoms with Gasteiger partial charge in [0.2, 0.25) is 0 Å². The minimum atomic E-state index is 0.00848. The average Bonchev–Trinajstić information content (AvgIpc) is 2.97. The number of aromatic amines is 1. The fourth-order valence-corrected chi connectivity index (χ4v) is 2.63. The Morgan fingerprint density at radius 2 is 1.86 bits per heavy atom. The highest BCUT2D eigenvalue weighted by Gasteiger charge is 2.21. The molecular formula is C18H21N3O. The summed E-state index contributed by atoms with van der Waals surface area (Å²) in [6.45, 7) is 5.23. The molecule has 1 aromatic heterocycles. The summed E-state index contributed by atoms with van der Waals surface area (Å²) in [5.74, 6) is 1.66. The molecule has 4 heteroatoms. The number of rotatable bonds is 5. The van der Waals surface area contributed by atoms with E-state index in [2.05, 4.69) is 53.6 Å². The summed E-state index contributed by atoms with van der Waals surface area (Å²) in [5.41, 5.74) is 2.28. The van der Waals surface area contributed by atoms with Crippen LogP contribution in [-0.4, -0.2) is 23.9 Å². The van der Waals surface area contributed by atoms with E-state index in [1.807, 2.05) is 24.3 Å². The molecule has 2 N–H and O–H groups in total. The predicted molar refractivity (Wildman–Crippen MR) is 90.6 cm³/mol. The van der Waals surface area contributed by atoms with E-state index in [-0.39, 0.29) is 5.41 Å². The molecule has 0 saturated heterocycles. The van der Waals surface area contributed by atoms with Crippen LogP contribution in [0.5, 0.6) is 5.75 Å². The Labute approximate surface area is 130 Å². The number of anilines is 1. The van der Waals surface area contributed by atoms with Crippen molar-refractivity contribution in [3.05, 3.63) is 54.1 Å². The molecule has 22 heavy (non-hydrogen) atoms. The van der Waals surface area contributed by atoms with E-state index in [4.69, 9.17) is 4.74 Å². The van der Waals surface area contributed by atoms with Gasteiger partial charge in [-0.25, -0.2) is 0 Å². The van der Waals surface area contributed by atoms with Gasteiger partial charge in [-0.05, 0) is 17.7 Å². The van der Waals surface area contributed by atoms with Crippen LogP contribution in [0.15, 0.2) is 48.5 Å². The number of benzene rings is 2. The summed E-state index contributed by atoms with van der Waals surface area (Å²) in [6.07, 6.45) is 0. The molecule has 0 atom stereocenters. The topological polar surface area (TPSA) is 49.9 Å². The molecule has 0 aliphatic heterocycles. The molecule has 0 radical (unpaired) electrons. The number of nitrogens with zero attached hydrogens (tertiary/aromatic N) is 1. The minimum Gasteiger partial charge on any atom is -0.496 e. The van der Waals surface area contributed by atoms with Crippen LogP contribution < -0.4 is 10.1 Å². The minimum absolute atomic E-state index is 0.00848. The molecule has 3 aromatic rings. The van der Waals surface area contributed by atoms with Gasteiger partial charge in [0.05, 0.1) is 18.0 Å². The molecule has 0 amide bonds. The van der Waals surface area contributed by atoms with Crippen LogP contribution in [0.3, 0.4) is 0 Å². The normalized spacial score (nSPS) is 11.6. The third-order valence-electron chi connectivity index (χ3n) is 4.02. The largest absolute Gasteiger partial charge is 0.496 e. The summed E-state index contributed by atoms with van der Waals surface area (Å²) in [4.78, 5) is 0. The highest BCUT2D eigenvalue weighted by atomic mass is 16.5. The number of H-pyrrole nitrogens is 1. The molecule has 2 aromatic carbocycles. The van der Waals surface area contributed by atoms with Crippen LogP contribution >= 0.6 is 0 Å². The van der Waals surface area contributed by atoms with Crippen molar-refractivity contribution < 1.29 is 4.74 Å². The Hall–Kier alpha value is -2.49. The van der Waals surface area contributed by atoms with Crippen LogP contribution in [0.2, 0.25) is 0 Å². The standard InChI is InChI=1S/C18H21N3O/c1-18(2,13-8-5-4-6-9-13)12-19-17-16-14(20-21-17)10-7-11-15(16)22-3/h4-11H,12H2,1-3H3,(H2,19,20,21).